The van der Waals surface area contributed by atoms with Crippen LogP contribution in [0.5, 0.6) is 0 Å². The van der Waals surface area contributed by atoms with Gasteiger partial charge in [0, 0.05) is 18.3 Å². The SMILES string of the molecule is Cc1c(C(C)NC(=O)C(C)n2ncc([N+](=O)[O-])c2C)cnn1C. The molecule has 1 amide bonds. The molecule has 2 aromatic heterocycles. The smallest absolute Gasteiger partial charge is 0.309 e. The normalized spacial score (nSPS) is 13.6. The standard InChI is InChI=1S/C14H20N6O3/c1-8(12-6-15-18(5)9(12)2)17-14(21)11(4)19-10(3)13(7-16-19)20(22)23/h6-8,11H,1-5H3,(H,17,21). The van der Waals surface area contributed by atoms with Gasteiger partial charge in [-0.05, 0) is 27.7 Å². The number of carbonyl (C=O) groups is 1. The minimum atomic E-state index is -0.650. The molecule has 0 aliphatic carbocycles. The molecule has 9 nitrogen and oxygen atoms in total. The Kier molecular flexibility index (Phi) is 4.48. The average Bonchev–Trinajstić information content (AvgIpc) is 3.02. The first kappa shape index (κ1) is 16.7. The predicted octanol–water partition coefficient (Wildman–Crippen LogP) is 1.58. The van der Waals surface area contributed by atoms with Crippen molar-refractivity contribution >= 4 is 11.6 Å². The molecule has 0 radical (unpaired) electrons. The topological polar surface area (TPSA) is 108 Å². The molecule has 1 N–H and O–H groups in total. The van der Waals surface area contributed by atoms with Crippen LogP contribution in [0.25, 0.3) is 0 Å². The molecule has 23 heavy (non-hydrogen) atoms. The van der Waals surface area contributed by atoms with Crippen LogP contribution in [0.1, 0.15) is 42.9 Å². The summed E-state index contributed by atoms with van der Waals surface area (Å²) in [6.45, 7) is 7.02. The van der Waals surface area contributed by atoms with Crippen molar-refractivity contribution in [1.82, 2.24) is 24.9 Å². The summed E-state index contributed by atoms with van der Waals surface area (Å²) in [6.07, 6.45) is 2.88. The summed E-state index contributed by atoms with van der Waals surface area (Å²) in [5.74, 6) is -0.262. The highest BCUT2D eigenvalue weighted by Crippen LogP contribution is 2.21. The van der Waals surface area contributed by atoms with Crippen molar-refractivity contribution in [1.29, 1.82) is 0 Å². The Morgan fingerprint density at radius 1 is 1.26 bits per heavy atom. The third kappa shape index (κ3) is 3.08. The number of nitrogens with one attached hydrogen (secondary N) is 1. The van der Waals surface area contributed by atoms with Crippen molar-refractivity contribution in [2.24, 2.45) is 7.05 Å². The molecule has 2 heterocycles. The Bertz CT molecular complexity index is 748. The van der Waals surface area contributed by atoms with Crippen LogP contribution in [0, 0.1) is 24.0 Å². The fourth-order valence-electron chi connectivity index (χ4n) is 2.45. The van der Waals surface area contributed by atoms with E-state index in [1.807, 2.05) is 20.9 Å². The van der Waals surface area contributed by atoms with Crippen LogP contribution in [0.3, 0.4) is 0 Å². The quantitative estimate of drug-likeness (QED) is 0.664. The summed E-state index contributed by atoms with van der Waals surface area (Å²) in [6, 6.07) is -0.868. The van der Waals surface area contributed by atoms with E-state index in [0.717, 1.165) is 17.5 Å². The zero-order valence-electron chi connectivity index (χ0n) is 13.8. The molecule has 0 spiro atoms. The minimum Gasteiger partial charge on any atom is -0.348 e. The predicted molar refractivity (Wildman–Crippen MR) is 82.8 cm³/mol. The number of aryl methyl sites for hydroxylation is 1. The van der Waals surface area contributed by atoms with Crippen LogP contribution in [0.4, 0.5) is 5.69 Å². The summed E-state index contributed by atoms with van der Waals surface area (Å²) < 4.78 is 3.10. The number of amides is 1. The Labute approximate surface area is 133 Å². The molecule has 2 aromatic rings. The van der Waals surface area contributed by atoms with Gasteiger partial charge in [0.05, 0.1) is 17.2 Å². The van der Waals surface area contributed by atoms with Crippen LogP contribution in [0.15, 0.2) is 12.4 Å². The molecule has 0 fully saturated rings. The molecular formula is C14H20N6O3. The molecule has 2 atom stereocenters. The zero-order chi connectivity index (χ0) is 17.3. The van der Waals surface area contributed by atoms with Gasteiger partial charge in [0.25, 0.3) is 0 Å². The first-order valence-corrected chi connectivity index (χ1v) is 7.21. The van der Waals surface area contributed by atoms with Crippen molar-refractivity contribution in [2.75, 3.05) is 0 Å². The van der Waals surface area contributed by atoms with E-state index >= 15 is 0 Å². The maximum atomic E-state index is 12.4. The van der Waals surface area contributed by atoms with Crippen molar-refractivity contribution in [3.8, 4) is 0 Å². The van der Waals surface area contributed by atoms with E-state index in [1.54, 1.807) is 24.7 Å². The number of aromatic nitrogens is 4. The monoisotopic (exact) mass is 320 g/mol. The van der Waals surface area contributed by atoms with E-state index in [0.29, 0.717) is 5.69 Å². The van der Waals surface area contributed by atoms with Crippen LogP contribution < -0.4 is 5.32 Å². The molecule has 0 aliphatic heterocycles. The van der Waals surface area contributed by atoms with Crippen LogP contribution >= 0.6 is 0 Å². The molecule has 124 valence electrons. The van der Waals surface area contributed by atoms with Gasteiger partial charge in [0.2, 0.25) is 5.91 Å². The largest absolute Gasteiger partial charge is 0.348 e. The highest BCUT2D eigenvalue weighted by Gasteiger charge is 2.25. The van der Waals surface area contributed by atoms with Gasteiger partial charge in [0.1, 0.15) is 17.9 Å². The maximum absolute atomic E-state index is 12.4. The lowest BCUT2D eigenvalue weighted by molar-refractivity contribution is -0.385. The first-order valence-electron chi connectivity index (χ1n) is 7.21. The zero-order valence-corrected chi connectivity index (χ0v) is 13.8. The van der Waals surface area contributed by atoms with E-state index in [-0.39, 0.29) is 17.6 Å². The van der Waals surface area contributed by atoms with Crippen LogP contribution in [-0.2, 0) is 11.8 Å². The summed E-state index contributed by atoms with van der Waals surface area (Å²) >= 11 is 0. The van der Waals surface area contributed by atoms with Crippen molar-refractivity contribution in [3.05, 3.63) is 39.5 Å². The summed E-state index contributed by atoms with van der Waals surface area (Å²) in [5.41, 5.74) is 2.15. The van der Waals surface area contributed by atoms with Gasteiger partial charge in [-0.2, -0.15) is 10.2 Å². The van der Waals surface area contributed by atoms with Gasteiger partial charge in [-0.3, -0.25) is 24.3 Å². The third-order valence-corrected chi connectivity index (χ3v) is 4.06. The molecule has 0 bridgehead atoms. The third-order valence-electron chi connectivity index (χ3n) is 4.06. The molecule has 9 heteroatoms. The Morgan fingerprint density at radius 3 is 2.39 bits per heavy atom. The average molecular weight is 320 g/mol. The molecule has 2 rings (SSSR count). The molecule has 0 aliphatic rings. The number of hydrogen-bond donors (Lipinski definition) is 1. The molecule has 0 aromatic carbocycles. The lowest BCUT2D eigenvalue weighted by Gasteiger charge is -2.18. The van der Waals surface area contributed by atoms with Crippen molar-refractivity contribution in [2.45, 2.75) is 39.8 Å². The van der Waals surface area contributed by atoms with E-state index in [1.165, 1.54) is 4.68 Å². The second-order valence-electron chi connectivity index (χ2n) is 5.53. The van der Waals surface area contributed by atoms with Gasteiger partial charge in [-0.25, -0.2) is 0 Å². The molecule has 0 saturated heterocycles. The number of carbonyl (C=O) groups excluding carboxylic acids is 1. The van der Waals surface area contributed by atoms with Gasteiger partial charge in [0.15, 0.2) is 0 Å². The van der Waals surface area contributed by atoms with E-state index in [2.05, 4.69) is 15.5 Å². The minimum absolute atomic E-state index is 0.0965. The molecule has 2 unspecified atom stereocenters. The van der Waals surface area contributed by atoms with Gasteiger partial charge < -0.3 is 5.32 Å². The molecular weight excluding hydrogens is 300 g/mol. The second-order valence-corrected chi connectivity index (χ2v) is 5.53. The maximum Gasteiger partial charge on any atom is 0.309 e. The van der Waals surface area contributed by atoms with Crippen LogP contribution in [-0.4, -0.2) is 30.4 Å². The van der Waals surface area contributed by atoms with Crippen molar-refractivity contribution < 1.29 is 9.72 Å². The van der Waals surface area contributed by atoms with Gasteiger partial charge >= 0.3 is 5.69 Å². The summed E-state index contributed by atoms with van der Waals surface area (Å²) in [7, 11) is 1.84. The lowest BCUT2D eigenvalue weighted by atomic mass is 10.1. The molecule has 0 saturated carbocycles. The summed E-state index contributed by atoms with van der Waals surface area (Å²) in [4.78, 5) is 22.8. The van der Waals surface area contributed by atoms with E-state index < -0.39 is 11.0 Å². The van der Waals surface area contributed by atoms with Crippen LogP contribution in [0.2, 0.25) is 0 Å². The summed E-state index contributed by atoms with van der Waals surface area (Å²) in [5, 5.41) is 21.9. The number of nitrogens with zero attached hydrogens (tertiary/aromatic N) is 5. The van der Waals surface area contributed by atoms with Crippen molar-refractivity contribution in [3.63, 3.8) is 0 Å². The lowest BCUT2D eigenvalue weighted by Crippen LogP contribution is -2.34. The number of rotatable bonds is 5. The van der Waals surface area contributed by atoms with E-state index in [4.69, 9.17) is 0 Å². The Balaban J connectivity index is 2.14. The number of hydrogen-bond acceptors (Lipinski definition) is 5. The fourth-order valence-corrected chi connectivity index (χ4v) is 2.45. The van der Waals surface area contributed by atoms with E-state index in [9.17, 15) is 14.9 Å². The van der Waals surface area contributed by atoms with Gasteiger partial charge in [-0.1, -0.05) is 0 Å². The highest BCUT2D eigenvalue weighted by atomic mass is 16.6. The Hall–Kier alpha value is -2.71. The fraction of sp³-hybridized carbons (Fsp3) is 0.500. The Morgan fingerprint density at radius 2 is 1.91 bits per heavy atom. The highest BCUT2D eigenvalue weighted by molar-refractivity contribution is 5.80. The first-order chi connectivity index (χ1) is 10.7. The van der Waals surface area contributed by atoms with Gasteiger partial charge in [-0.15, -0.1) is 0 Å². The number of nitro groups is 1. The second kappa shape index (κ2) is 6.19.